The van der Waals surface area contributed by atoms with Crippen molar-refractivity contribution in [2.24, 2.45) is 5.41 Å². The summed E-state index contributed by atoms with van der Waals surface area (Å²) in [4.78, 5) is 28.9. The molecule has 1 saturated carbocycles. The second-order valence-corrected chi connectivity index (χ2v) is 9.15. The number of likely N-dealkylation sites (tertiary alicyclic amines) is 3. The highest BCUT2D eigenvalue weighted by Crippen LogP contribution is 2.50. The summed E-state index contributed by atoms with van der Waals surface area (Å²) in [5.74, 6) is -3.11. The van der Waals surface area contributed by atoms with Crippen LogP contribution in [-0.2, 0) is 4.79 Å². The average molecular weight is 400 g/mol. The molecule has 1 atom stereocenters. The lowest BCUT2D eigenvalue weighted by atomic mass is 9.64. The van der Waals surface area contributed by atoms with E-state index >= 15 is 0 Å². The minimum Gasteiger partial charge on any atom is -0.465 e. The van der Waals surface area contributed by atoms with Crippen molar-refractivity contribution in [3.63, 3.8) is 0 Å². The smallest absolute Gasteiger partial charge is 0.407 e. The number of halogens is 2. The molecule has 3 aliphatic heterocycles. The average Bonchev–Trinajstić information content (AvgIpc) is 3.21. The van der Waals surface area contributed by atoms with Crippen LogP contribution in [0.25, 0.3) is 0 Å². The van der Waals surface area contributed by atoms with Gasteiger partial charge in [-0.2, -0.15) is 0 Å². The molecule has 9 heteroatoms. The summed E-state index contributed by atoms with van der Waals surface area (Å²) in [5.41, 5.74) is 0.154. The van der Waals surface area contributed by atoms with Gasteiger partial charge in [-0.25, -0.2) is 13.6 Å². The Morgan fingerprint density at radius 1 is 1.04 bits per heavy atom. The van der Waals surface area contributed by atoms with E-state index in [1.165, 1.54) is 11.9 Å². The molecule has 7 nitrogen and oxygen atoms in total. The van der Waals surface area contributed by atoms with Crippen LogP contribution in [0, 0.1) is 5.41 Å². The summed E-state index contributed by atoms with van der Waals surface area (Å²) in [6.07, 6.45) is 3.40. The Labute approximate surface area is 164 Å². The molecule has 0 unspecified atom stereocenters. The molecule has 4 fully saturated rings. The first-order chi connectivity index (χ1) is 13.2. The SMILES string of the molecule is CNC(=O)[C@H]1CC(F)(F)CN1C1CCN(C2CC3(CCN(C(=O)O)C3)C2)CC1. The molecule has 28 heavy (non-hydrogen) atoms. The van der Waals surface area contributed by atoms with Crippen molar-refractivity contribution in [3.8, 4) is 0 Å². The summed E-state index contributed by atoms with van der Waals surface area (Å²) in [5, 5.41) is 11.7. The van der Waals surface area contributed by atoms with Gasteiger partial charge in [-0.1, -0.05) is 0 Å². The van der Waals surface area contributed by atoms with E-state index < -0.39 is 24.5 Å². The second kappa shape index (κ2) is 7.09. The third-order valence-corrected chi connectivity index (χ3v) is 7.39. The van der Waals surface area contributed by atoms with Gasteiger partial charge >= 0.3 is 6.09 Å². The zero-order valence-corrected chi connectivity index (χ0v) is 16.4. The maximum atomic E-state index is 13.9. The monoisotopic (exact) mass is 400 g/mol. The molecule has 3 saturated heterocycles. The van der Waals surface area contributed by atoms with Gasteiger partial charge < -0.3 is 20.2 Å². The molecule has 0 bridgehead atoms. The number of nitrogens with zero attached hydrogens (tertiary/aromatic N) is 3. The molecule has 2 N–H and O–H groups in total. The highest BCUT2D eigenvalue weighted by atomic mass is 19.3. The lowest BCUT2D eigenvalue weighted by Crippen LogP contribution is -2.57. The number of piperidine rings is 1. The molecule has 0 aromatic carbocycles. The summed E-state index contributed by atoms with van der Waals surface area (Å²) >= 11 is 0. The Hall–Kier alpha value is -1.48. The highest BCUT2D eigenvalue weighted by molar-refractivity contribution is 5.82. The van der Waals surface area contributed by atoms with Gasteiger partial charge in [0.15, 0.2) is 0 Å². The van der Waals surface area contributed by atoms with Crippen molar-refractivity contribution in [1.82, 2.24) is 20.0 Å². The zero-order valence-electron chi connectivity index (χ0n) is 16.4. The van der Waals surface area contributed by atoms with E-state index in [0.29, 0.717) is 19.1 Å². The summed E-state index contributed by atoms with van der Waals surface area (Å²) in [6, 6.07) is -0.233. The maximum absolute atomic E-state index is 13.9. The number of carbonyl (C=O) groups is 2. The van der Waals surface area contributed by atoms with Gasteiger partial charge in [-0.05, 0) is 50.6 Å². The predicted molar refractivity (Wildman–Crippen MR) is 98.4 cm³/mol. The number of likely N-dealkylation sites (N-methyl/N-ethyl adjacent to an activating group) is 1. The standard InChI is InChI=1S/C19H30F2N4O3/c1-22-16(26)15-10-19(20,21)12-25(15)13-2-5-23(6-3-13)14-8-18(9-14)4-7-24(11-18)17(27)28/h13-15H,2-12H2,1H3,(H,22,26)(H,27,28)/t14?,15-,18?/m1/s1. The van der Waals surface area contributed by atoms with Gasteiger partial charge in [-0.15, -0.1) is 0 Å². The summed E-state index contributed by atoms with van der Waals surface area (Å²) in [6.45, 7) is 2.67. The number of carbonyl (C=O) groups excluding carboxylic acids is 1. The minimum absolute atomic E-state index is 0.0231. The number of amides is 2. The first-order valence-electron chi connectivity index (χ1n) is 10.3. The molecule has 0 aromatic rings. The summed E-state index contributed by atoms with van der Waals surface area (Å²) < 4.78 is 27.9. The van der Waals surface area contributed by atoms with Crippen LogP contribution >= 0.6 is 0 Å². The van der Waals surface area contributed by atoms with Crippen LogP contribution in [0.4, 0.5) is 13.6 Å². The van der Waals surface area contributed by atoms with Gasteiger partial charge in [0.1, 0.15) is 0 Å². The van der Waals surface area contributed by atoms with Gasteiger partial charge in [-0.3, -0.25) is 9.69 Å². The fourth-order valence-corrected chi connectivity index (χ4v) is 5.85. The van der Waals surface area contributed by atoms with E-state index in [1.54, 1.807) is 4.90 Å². The second-order valence-electron chi connectivity index (χ2n) is 9.15. The van der Waals surface area contributed by atoms with Crippen molar-refractivity contribution in [1.29, 1.82) is 0 Å². The lowest BCUT2D eigenvalue weighted by Gasteiger charge is -2.52. The molecular weight excluding hydrogens is 370 g/mol. The Kier molecular flexibility index (Phi) is 5.02. The third kappa shape index (κ3) is 3.58. The van der Waals surface area contributed by atoms with Crippen molar-refractivity contribution in [2.45, 2.75) is 62.6 Å². The van der Waals surface area contributed by atoms with E-state index in [4.69, 9.17) is 5.11 Å². The van der Waals surface area contributed by atoms with Gasteiger partial charge in [0, 0.05) is 38.6 Å². The van der Waals surface area contributed by atoms with Crippen LogP contribution in [0.2, 0.25) is 0 Å². The van der Waals surface area contributed by atoms with Crippen molar-refractivity contribution < 1.29 is 23.5 Å². The number of hydrogen-bond donors (Lipinski definition) is 2. The number of alkyl halides is 2. The molecule has 2 amide bonds. The van der Waals surface area contributed by atoms with E-state index in [0.717, 1.165) is 45.2 Å². The normalized spacial score (nSPS) is 36.6. The Balaban J connectivity index is 1.29. The Morgan fingerprint density at radius 2 is 1.71 bits per heavy atom. The predicted octanol–water partition coefficient (Wildman–Crippen LogP) is 1.44. The molecule has 4 aliphatic rings. The van der Waals surface area contributed by atoms with E-state index in [9.17, 15) is 18.4 Å². The Morgan fingerprint density at radius 3 is 2.29 bits per heavy atom. The largest absolute Gasteiger partial charge is 0.465 e. The molecule has 1 aliphatic carbocycles. The molecule has 0 radical (unpaired) electrons. The van der Waals surface area contributed by atoms with Gasteiger partial charge in [0.25, 0.3) is 5.92 Å². The Bertz CT molecular complexity index is 633. The topological polar surface area (TPSA) is 76.1 Å². The van der Waals surface area contributed by atoms with E-state index in [1.807, 2.05) is 0 Å². The van der Waals surface area contributed by atoms with E-state index in [-0.39, 0.29) is 23.9 Å². The molecule has 4 rings (SSSR count). The number of rotatable bonds is 3. The fourth-order valence-electron chi connectivity index (χ4n) is 5.85. The van der Waals surface area contributed by atoms with Crippen LogP contribution < -0.4 is 5.32 Å². The van der Waals surface area contributed by atoms with Crippen LogP contribution in [0.15, 0.2) is 0 Å². The molecule has 3 heterocycles. The van der Waals surface area contributed by atoms with Gasteiger partial charge in [0.05, 0.1) is 12.6 Å². The number of nitrogens with one attached hydrogen (secondary N) is 1. The van der Waals surface area contributed by atoms with Crippen molar-refractivity contribution in [3.05, 3.63) is 0 Å². The van der Waals surface area contributed by atoms with Crippen LogP contribution in [0.3, 0.4) is 0 Å². The highest BCUT2D eigenvalue weighted by Gasteiger charge is 2.53. The third-order valence-electron chi connectivity index (χ3n) is 7.39. The number of hydrogen-bond acceptors (Lipinski definition) is 4. The van der Waals surface area contributed by atoms with E-state index in [2.05, 4.69) is 10.2 Å². The van der Waals surface area contributed by atoms with Crippen molar-refractivity contribution in [2.75, 3.05) is 39.8 Å². The minimum atomic E-state index is -2.80. The quantitative estimate of drug-likeness (QED) is 0.750. The maximum Gasteiger partial charge on any atom is 0.407 e. The summed E-state index contributed by atoms with van der Waals surface area (Å²) in [7, 11) is 1.50. The molecule has 158 valence electrons. The number of carboxylic acid groups (broad SMARTS) is 1. The first-order valence-corrected chi connectivity index (χ1v) is 10.3. The molecular formula is C19H30F2N4O3. The van der Waals surface area contributed by atoms with Gasteiger partial charge in [0.2, 0.25) is 5.91 Å². The van der Waals surface area contributed by atoms with Crippen LogP contribution in [0.1, 0.15) is 38.5 Å². The first kappa shape index (κ1) is 19.8. The van der Waals surface area contributed by atoms with Crippen molar-refractivity contribution >= 4 is 12.0 Å². The molecule has 1 spiro atoms. The van der Waals surface area contributed by atoms with Crippen LogP contribution in [0.5, 0.6) is 0 Å². The fraction of sp³-hybridized carbons (Fsp3) is 0.895. The molecule has 0 aromatic heterocycles. The van der Waals surface area contributed by atoms with Crippen LogP contribution in [-0.4, -0.2) is 95.6 Å². The lowest BCUT2D eigenvalue weighted by molar-refractivity contribution is -0.126. The zero-order chi connectivity index (χ0) is 20.1.